The zero-order valence-corrected chi connectivity index (χ0v) is 18.6. The number of nitrogens with zero attached hydrogens (tertiary/aromatic N) is 4. The number of amides is 2. The molecule has 2 aliphatic rings. The summed E-state index contributed by atoms with van der Waals surface area (Å²) in [6.07, 6.45) is 0. The van der Waals surface area contributed by atoms with Crippen LogP contribution in [0.15, 0.2) is 60.7 Å². The molecule has 1 fully saturated rings. The number of carbonyl (C=O) groups is 2. The number of rotatable bonds is 5. The van der Waals surface area contributed by atoms with Crippen LogP contribution < -0.4 is 4.90 Å². The van der Waals surface area contributed by atoms with E-state index in [1.54, 1.807) is 0 Å². The smallest absolute Gasteiger partial charge is 0.263 e. The van der Waals surface area contributed by atoms with Gasteiger partial charge < -0.3 is 9.47 Å². The molecule has 2 amide bonds. The largest absolute Gasteiger partial charge is 0.369 e. The van der Waals surface area contributed by atoms with E-state index in [9.17, 15) is 9.59 Å². The molecule has 5 rings (SSSR count). The van der Waals surface area contributed by atoms with Crippen LogP contribution in [0.1, 0.15) is 32.1 Å². The van der Waals surface area contributed by atoms with Crippen LogP contribution in [0.4, 0.5) is 5.69 Å². The van der Waals surface area contributed by atoms with Crippen molar-refractivity contribution >= 4 is 17.5 Å². The first-order valence-electron chi connectivity index (χ1n) is 11.2. The quantitative estimate of drug-likeness (QED) is 0.584. The van der Waals surface area contributed by atoms with Crippen LogP contribution in [0.25, 0.3) is 5.69 Å². The molecule has 0 radical (unpaired) electrons. The Balaban J connectivity index is 1.26. The fraction of sp³-hybridized carbons (Fsp3) is 0.308. The molecule has 0 saturated carbocycles. The summed E-state index contributed by atoms with van der Waals surface area (Å²) in [5.41, 5.74) is 5.01. The van der Waals surface area contributed by atoms with E-state index in [2.05, 4.69) is 34.1 Å². The lowest BCUT2D eigenvalue weighted by molar-refractivity contribution is 0.0633. The fourth-order valence-corrected chi connectivity index (χ4v) is 5.00. The minimum Gasteiger partial charge on any atom is -0.369 e. The van der Waals surface area contributed by atoms with Gasteiger partial charge in [0.25, 0.3) is 11.8 Å². The van der Waals surface area contributed by atoms with Gasteiger partial charge in [-0.25, -0.2) is 0 Å². The summed E-state index contributed by atoms with van der Waals surface area (Å²) in [6.45, 7) is 8.75. The maximum absolute atomic E-state index is 13.2. The number of para-hydroxylation sites is 2. The Morgan fingerprint density at radius 1 is 0.656 bits per heavy atom. The van der Waals surface area contributed by atoms with Crippen LogP contribution in [-0.4, -0.2) is 65.4 Å². The van der Waals surface area contributed by atoms with Crippen molar-refractivity contribution in [3.8, 4) is 5.69 Å². The van der Waals surface area contributed by atoms with Gasteiger partial charge in [-0.1, -0.05) is 36.4 Å². The van der Waals surface area contributed by atoms with Gasteiger partial charge in [0.05, 0.1) is 11.1 Å². The molecule has 0 unspecified atom stereocenters. The third-order valence-corrected chi connectivity index (χ3v) is 6.71. The topological polar surface area (TPSA) is 48.8 Å². The lowest BCUT2D eigenvalue weighted by atomic mass is 10.1. The van der Waals surface area contributed by atoms with E-state index in [0.29, 0.717) is 24.2 Å². The Hall–Kier alpha value is -3.38. The summed E-state index contributed by atoms with van der Waals surface area (Å²) in [4.78, 5) is 32.6. The van der Waals surface area contributed by atoms with Crippen molar-refractivity contribution in [2.24, 2.45) is 0 Å². The molecule has 0 atom stereocenters. The standard InChI is InChI=1S/C26H28N4O2/c1-19-23-24(20(2)30(19)22-11-7-4-8-12-22)26(32)29(25(23)31)18-15-27-13-16-28(17-14-27)21-9-5-3-6-10-21/h3-12H,13-18H2,1-2H3. The second-order valence-electron chi connectivity index (χ2n) is 8.52. The normalized spacial score (nSPS) is 16.7. The number of aromatic nitrogens is 1. The van der Waals surface area contributed by atoms with Crippen molar-refractivity contribution in [2.75, 3.05) is 44.2 Å². The summed E-state index contributed by atoms with van der Waals surface area (Å²) in [6, 6.07) is 20.3. The molecule has 1 saturated heterocycles. The number of benzene rings is 2. The minimum atomic E-state index is -0.164. The Morgan fingerprint density at radius 3 is 1.69 bits per heavy atom. The van der Waals surface area contributed by atoms with Crippen LogP contribution in [0.3, 0.4) is 0 Å². The van der Waals surface area contributed by atoms with Crippen molar-refractivity contribution in [1.29, 1.82) is 0 Å². The lowest BCUT2D eigenvalue weighted by Gasteiger charge is -2.36. The summed E-state index contributed by atoms with van der Waals surface area (Å²) < 4.78 is 2.01. The van der Waals surface area contributed by atoms with Crippen LogP contribution in [-0.2, 0) is 0 Å². The van der Waals surface area contributed by atoms with Gasteiger partial charge in [0.2, 0.25) is 0 Å². The second-order valence-corrected chi connectivity index (χ2v) is 8.52. The molecular weight excluding hydrogens is 400 g/mol. The highest BCUT2D eigenvalue weighted by atomic mass is 16.2. The van der Waals surface area contributed by atoms with Crippen molar-refractivity contribution < 1.29 is 9.59 Å². The van der Waals surface area contributed by atoms with Gasteiger partial charge in [0, 0.05) is 62.0 Å². The molecule has 2 aromatic carbocycles. The number of hydrogen-bond donors (Lipinski definition) is 0. The molecular formula is C26H28N4O2. The third-order valence-electron chi connectivity index (χ3n) is 6.71. The summed E-state index contributed by atoms with van der Waals surface area (Å²) >= 11 is 0. The molecule has 0 spiro atoms. The van der Waals surface area contributed by atoms with Crippen molar-refractivity contribution in [1.82, 2.24) is 14.4 Å². The Labute approximate surface area is 188 Å². The Bertz CT molecular complexity index is 1110. The van der Waals surface area contributed by atoms with E-state index < -0.39 is 0 Å². The number of piperazine rings is 1. The monoisotopic (exact) mass is 428 g/mol. The second kappa shape index (κ2) is 8.28. The molecule has 0 N–H and O–H groups in total. The predicted molar refractivity (Wildman–Crippen MR) is 126 cm³/mol. The molecule has 0 aliphatic carbocycles. The van der Waals surface area contributed by atoms with Gasteiger partial charge in [-0.3, -0.25) is 19.4 Å². The van der Waals surface area contributed by atoms with Gasteiger partial charge in [0.1, 0.15) is 0 Å². The number of fused-ring (bicyclic) bond motifs is 1. The summed E-state index contributed by atoms with van der Waals surface area (Å²) in [5.74, 6) is -0.327. The van der Waals surface area contributed by atoms with E-state index in [1.165, 1.54) is 10.6 Å². The van der Waals surface area contributed by atoms with Crippen LogP contribution in [0, 0.1) is 13.8 Å². The van der Waals surface area contributed by atoms with E-state index in [0.717, 1.165) is 43.3 Å². The molecule has 32 heavy (non-hydrogen) atoms. The molecule has 6 nitrogen and oxygen atoms in total. The van der Waals surface area contributed by atoms with E-state index in [1.807, 2.05) is 54.8 Å². The molecule has 3 aromatic rings. The van der Waals surface area contributed by atoms with Crippen molar-refractivity contribution in [2.45, 2.75) is 13.8 Å². The highest BCUT2D eigenvalue weighted by Gasteiger charge is 2.41. The Kier molecular flexibility index (Phi) is 5.31. The van der Waals surface area contributed by atoms with Crippen LogP contribution in [0.5, 0.6) is 0 Å². The van der Waals surface area contributed by atoms with Crippen LogP contribution >= 0.6 is 0 Å². The summed E-state index contributed by atoms with van der Waals surface area (Å²) in [7, 11) is 0. The molecule has 2 aliphatic heterocycles. The van der Waals surface area contributed by atoms with E-state index in [-0.39, 0.29) is 11.8 Å². The first kappa shape index (κ1) is 20.5. The molecule has 1 aromatic heterocycles. The number of hydrogen-bond acceptors (Lipinski definition) is 4. The number of carbonyl (C=O) groups excluding carboxylic acids is 2. The highest BCUT2D eigenvalue weighted by molar-refractivity contribution is 6.22. The number of anilines is 1. The molecule has 164 valence electrons. The maximum atomic E-state index is 13.2. The minimum absolute atomic E-state index is 0.164. The van der Waals surface area contributed by atoms with Gasteiger partial charge in [-0.05, 0) is 38.1 Å². The van der Waals surface area contributed by atoms with E-state index >= 15 is 0 Å². The van der Waals surface area contributed by atoms with Gasteiger partial charge in [-0.2, -0.15) is 0 Å². The molecule has 3 heterocycles. The highest BCUT2D eigenvalue weighted by Crippen LogP contribution is 2.33. The third kappa shape index (κ3) is 3.41. The van der Waals surface area contributed by atoms with Gasteiger partial charge in [0.15, 0.2) is 0 Å². The summed E-state index contributed by atoms with van der Waals surface area (Å²) in [5, 5.41) is 0. The van der Waals surface area contributed by atoms with Crippen molar-refractivity contribution in [3.05, 3.63) is 83.2 Å². The molecule has 0 bridgehead atoms. The van der Waals surface area contributed by atoms with Gasteiger partial charge >= 0.3 is 0 Å². The fourth-order valence-electron chi connectivity index (χ4n) is 5.00. The number of imide groups is 1. The lowest BCUT2D eigenvalue weighted by Crippen LogP contribution is -2.49. The SMILES string of the molecule is Cc1c2c(c(C)n1-c1ccccc1)C(=O)N(CCN1CCN(c3ccccc3)CC1)C2=O. The first-order chi connectivity index (χ1) is 15.6. The van der Waals surface area contributed by atoms with Crippen LogP contribution in [0.2, 0.25) is 0 Å². The zero-order chi connectivity index (χ0) is 22.2. The van der Waals surface area contributed by atoms with Crippen molar-refractivity contribution in [3.63, 3.8) is 0 Å². The average Bonchev–Trinajstić information content (AvgIpc) is 3.24. The van der Waals surface area contributed by atoms with Gasteiger partial charge in [-0.15, -0.1) is 0 Å². The predicted octanol–water partition coefficient (Wildman–Crippen LogP) is 3.51. The average molecular weight is 429 g/mol. The maximum Gasteiger partial charge on any atom is 0.263 e. The van der Waals surface area contributed by atoms with E-state index in [4.69, 9.17) is 0 Å². The zero-order valence-electron chi connectivity index (χ0n) is 18.6. The Morgan fingerprint density at radius 2 is 1.16 bits per heavy atom. The first-order valence-corrected chi connectivity index (χ1v) is 11.2. The molecule has 6 heteroatoms.